The maximum atomic E-state index is 12.3. The molecule has 3 aromatic rings. The molecule has 0 radical (unpaired) electrons. The summed E-state index contributed by atoms with van der Waals surface area (Å²) in [4.78, 5) is 37.4. The van der Waals surface area contributed by atoms with Crippen molar-refractivity contribution in [1.29, 1.82) is 0 Å². The van der Waals surface area contributed by atoms with Crippen LogP contribution in [0.25, 0.3) is 10.9 Å². The van der Waals surface area contributed by atoms with Gasteiger partial charge >= 0.3 is 5.97 Å². The number of benzene rings is 2. The Labute approximate surface area is 154 Å². The average Bonchev–Trinajstić information content (AvgIpc) is 3.04. The summed E-state index contributed by atoms with van der Waals surface area (Å²) in [6, 6.07) is 12.2. The molecule has 0 saturated carbocycles. The fourth-order valence-corrected chi connectivity index (χ4v) is 2.98. The van der Waals surface area contributed by atoms with Gasteiger partial charge in [0.15, 0.2) is 0 Å². The highest BCUT2D eigenvalue weighted by Crippen LogP contribution is 2.20. The Morgan fingerprint density at radius 3 is 2.56 bits per heavy atom. The number of aromatic nitrogens is 1. The largest absolute Gasteiger partial charge is 0.480 e. The first-order valence-electron chi connectivity index (χ1n) is 8.25. The molecule has 0 spiro atoms. The average molecular weight is 367 g/mol. The zero-order chi connectivity index (χ0) is 19.4. The van der Waals surface area contributed by atoms with Crippen molar-refractivity contribution < 1.29 is 19.6 Å². The molecule has 1 amide bonds. The third kappa shape index (κ3) is 4.12. The van der Waals surface area contributed by atoms with E-state index in [1.807, 2.05) is 24.3 Å². The number of fused-ring (bicyclic) bond motifs is 1. The van der Waals surface area contributed by atoms with E-state index < -0.39 is 22.8 Å². The molecule has 27 heavy (non-hydrogen) atoms. The van der Waals surface area contributed by atoms with Gasteiger partial charge in [-0.2, -0.15) is 0 Å². The number of hydrogen-bond donors (Lipinski definition) is 3. The number of H-pyrrole nitrogens is 1. The number of aromatic amines is 1. The molecule has 1 unspecified atom stereocenters. The smallest absolute Gasteiger partial charge is 0.326 e. The molecule has 0 aliphatic carbocycles. The van der Waals surface area contributed by atoms with Gasteiger partial charge in [0.2, 0.25) is 5.91 Å². The van der Waals surface area contributed by atoms with Crippen LogP contribution in [0.5, 0.6) is 0 Å². The van der Waals surface area contributed by atoms with Gasteiger partial charge in [-0.25, -0.2) is 4.79 Å². The second kappa shape index (κ2) is 7.69. The fourth-order valence-electron chi connectivity index (χ4n) is 2.98. The third-order valence-electron chi connectivity index (χ3n) is 4.27. The van der Waals surface area contributed by atoms with Gasteiger partial charge in [0.1, 0.15) is 6.04 Å². The molecule has 1 heterocycles. The summed E-state index contributed by atoms with van der Waals surface area (Å²) in [5.41, 5.74) is 1.71. The van der Waals surface area contributed by atoms with Crippen molar-refractivity contribution in [2.45, 2.75) is 18.9 Å². The fraction of sp³-hybridized carbons (Fsp3) is 0.158. The van der Waals surface area contributed by atoms with Crippen LogP contribution in [0.4, 0.5) is 5.69 Å². The SMILES string of the molecule is O=C(Cc1ccccc1[N+](=O)[O-])NC(Cc1c[nH]c2ccccc12)C(=O)O. The maximum Gasteiger partial charge on any atom is 0.326 e. The Balaban J connectivity index is 1.74. The first kappa shape index (κ1) is 18.1. The first-order valence-corrected chi connectivity index (χ1v) is 8.25. The molecule has 1 aromatic heterocycles. The van der Waals surface area contributed by atoms with E-state index in [0.29, 0.717) is 0 Å². The summed E-state index contributed by atoms with van der Waals surface area (Å²) in [6.07, 6.45) is 1.55. The van der Waals surface area contributed by atoms with Crippen LogP contribution in [-0.4, -0.2) is 32.9 Å². The summed E-state index contributed by atoms with van der Waals surface area (Å²) in [5.74, 6) is -1.76. The predicted molar refractivity (Wildman–Crippen MR) is 98.4 cm³/mol. The van der Waals surface area contributed by atoms with E-state index in [2.05, 4.69) is 10.3 Å². The Morgan fingerprint density at radius 1 is 1.11 bits per heavy atom. The minimum atomic E-state index is -1.17. The zero-order valence-corrected chi connectivity index (χ0v) is 14.2. The molecule has 8 nitrogen and oxygen atoms in total. The molecule has 2 aromatic carbocycles. The van der Waals surface area contributed by atoms with E-state index in [4.69, 9.17) is 0 Å². The van der Waals surface area contributed by atoms with Gasteiger partial charge in [-0.05, 0) is 11.6 Å². The highest BCUT2D eigenvalue weighted by molar-refractivity contribution is 5.87. The lowest BCUT2D eigenvalue weighted by Gasteiger charge is -2.14. The number of hydrogen-bond acceptors (Lipinski definition) is 4. The molecule has 3 rings (SSSR count). The van der Waals surface area contributed by atoms with E-state index >= 15 is 0 Å². The van der Waals surface area contributed by atoms with Crippen LogP contribution in [0.2, 0.25) is 0 Å². The van der Waals surface area contributed by atoms with Crippen molar-refractivity contribution in [1.82, 2.24) is 10.3 Å². The van der Waals surface area contributed by atoms with Gasteiger partial charge in [0.25, 0.3) is 5.69 Å². The summed E-state index contributed by atoms with van der Waals surface area (Å²) in [5, 5.41) is 23.9. The Hall–Kier alpha value is -3.68. The second-order valence-electron chi connectivity index (χ2n) is 6.08. The standard InChI is InChI=1S/C19H17N3O5/c23-18(10-12-5-1-4-8-17(12)22(26)27)21-16(19(24)25)9-13-11-20-15-7-3-2-6-14(13)15/h1-8,11,16,20H,9-10H2,(H,21,23)(H,24,25). The van der Waals surface area contributed by atoms with Crippen LogP contribution < -0.4 is 5.32 Å². The molecular weight excluding hydrogens is 350 g/mol. The molecule has 3 N–H and O–H groups in total. The number of carboxylic acid groups (broad SMARTS) is 1. The number of nitro benzene ring substituents is 1. The topological polar surface area (TPSA) is 125 Å². The Kier molecular flexibility index (Phi) is 5.16. The number of nitro groups is 1. The molecule has 0 bridgehead atoms. The van der Waals surface area contributed by atoms with Crippen LogP contribution in [0.3, 0.4) is 0 Å². The van der Waals surface area contributed by atoms with E-state index in [-0.39, 0.29) is 24.1 Å². The molecule has 138 valence electrons. The monoisotopic (exact) mass is 367 g/mol. The number of carboxylic acids is 1. The van der Waals surface area contributed by atoms with Gasteiger partial charge in [-0.15, -0.1) is 0 Å². The van der Waals surface area contributed by atoms with E-state index in [1.54, 1.807) is 12.3 Å². The summed E-state index contributed by atoms with van der Waals surface area (Å²) in [6.45, 7) is 0. The highest BCUT2D eigenvalue weighted by atomic mass is 16.6. The van der Waals surface area contributed by atoms with Crippen LogP contribution in [-0.2, 0) is 22.4 Å². The number of nitrogens with zero attached hydrogens (tertiary/aromatic N) is 1. The number of rotatable bonds is 7. The number of amides is 1. The van der Waals surface area contributed by atoms with Gasteiger partial charge in [0, 0.05) is 35.2 Å². The van der Waals surface area contributed by atoms with E-state index in [1.165, 1.54) is 18.2 Å². The molecule has 0 aliphatic heterocycles. The summed E-state index contributed by atoms with van der Waals surface area (Å²) in [7, 11) is 0. The van der Waals surface area contributed by atoms with Crippen LogP contribution in [0, 0.1) is 10.1 Å². The zero-order valence-electron chi connectivity index (χ0n) is 14.2. The normalized spacial score (nSPS) is 11.9. The molecule has 1 atom stereocenters. The number of carbonyl (C=O) groups excluding carboxylic acids is 1. The van der Waals surface area contributed by atoms with Crippen molar-refractivity contribution in [2.24, 2.45) is 0 Å². The van der Waals surface area contributed by atoms with Crippen LogP contribution in [0.15, 0.2) is 54.7 Å². The molecule has 0 fully saturated rings. The number of para-hydroxylation sites is 2. The van der Waals surface area contributed by atoms with Crippen LogP contribution >= 0.6 is 0 Å². The molecule has 8 heteroatoms. The minimum Gasteiger partial charge on any atom is -0.480 e. The lowest BCUT2D eigenvalue weighted by Crippen LogP contribution is -2.43. The Morgan fingerprint density at radius 2 is 1.81 bits per heavy atom. The highest BCUT2D eigenvalue weighted by Gasteiger charge is 2.23. The maximum absolute atomic E-state index is 12.3. The number of aliphatic carboxylic acids is 1. The predicted octanol–water partition coefficient (Wildman–Crippen LogP) is 2.43. The first-order chi connectivity index (χ1) is 13.0. The quantitative estimate of drug-likeness (QED) is 0.437. The summed E-state index contributed by atoms with van der Waals surface area (Å²) < 4.78 is 0. The second-order valence-corrected chi connectivity index (χ2v) is 6.08. The number of nitrogens with one attached hydrogen (secondary N) is 2. The number of carbonyl (C=O) groups is 2. The van der Waals surface area contributed by atoms with Gasteiger partial charge in [-0.3, -0.25) is 14.9 Å². The van der Waals surface area contributed by atoms with Crippen molar-refractivity contribution in [2.75, 3.05) is 0 Å². The van der Waals surface area contributed by atoms with Crippen molar-refractivity contribution in [3.8, 4) is 0 Å². The minimum absolute atomic E-state index is 0.0992. The molecule has 0 aliphatic rings. The van der Waals surface area contributed by atoms with E-state index in [0.717, 1.165) is 16.5 Å². The van der Waals surface area contributed by atoms with Crippen molar-refractivity contribution in [3.05, 3.63) is 76.0 Å². The van der Waals surface area contributed by atoms with Gasteiger partial charge < -0.3 is 15.4 Å². The lowest BCUT2D eigenvalue weighted by atomic mass is 10.0. The Bertz CT molecular complexity index is 1010. The third-order valence-corrected chi connectivity index (χ3v) is 4.27. The lowest BCUT2D eigenvalue weighted by molar-refractivity contribution is -0.385. The van der Waals surface area contributed by atoms with E-state index in [9.17, 15) is 24.8 Å². The van der Waals surface area contributed by atoms with Crippen molar-refractivity contribution >= 4 is 28.5 Å². The van der Waals surface area contributed by atoms with Crippen molar-refractivity contribution in [3.63, 3.8) is 0 Å². The van der Waals surface area contributed by atoms with Gasteiger partial charge in [-0.1, -0.05) is 36.4 Å². The van der Waals surface area contributed by atoms with Gasteiger partial charge in [0.05, 0.1) is 11.3 Å². The summed E-state index contributed by atoms with van der Waals surface area (Å²) >= 11 is 0. The van der Waals surface area contributed by atoms with Crippen LogP contribution in [0.1, 0.15) is 11.1 Å². The molecule has 0 saturated heterocycles. The molecular formula is C19H17N3O5.